The molecule has 0 aliphatic heterocycles. The summed E-state index contributed by atoms with van der Waals surface area (Å²) in [5.74, 6) is -0.458. The quantitative estimate of drug-likeness (QED) is 0.126. The van der Waals surface area contributed by atoms with Gasteiger partial charge in [0, 0.05) is 0 Å². The van der Waals surface area contributed by atoms with Crippen LogP contribution >= 0.6 is 0 Å². The van der Waals surface area contributed by atoms with Crippen LogP contribution in [0.15, 0.2) is 0 Å². The predicted molar refractivity (Wildman–Crippen MR) is 137 cm³/mol. The molecule has 0 bridgehead atoms. The number of carbonyl (C=O) groups is 2. The van der Waals surface area contributed by atoms with Crippen LogP contribution < -0.4 is 0 Å². The van der Waals surface area contributed by atoms with Crippen LogP contribution in [0, 0.1) is 11.8 Å². The third kappa shape index (κ3) is 16.2. The lowest BCUT2D eigenvalue weighted by Gasteiger charge is -2.26. The zero-order chi connectivity index (χ0) is 24.0. The summed E-state index contributed by atoms with van der Waals surface area (Å²) in [7, 11) is 0. The molecule has 1 saturated carbocycles. The van der Waals surface area contributed by atoms with E-state index in [4.69, 9.17) is 9.47 Å². The minimum Gasteiger partial charge on any atom is -0.465 e. The molecular weight excluding hydrogens is 412 g/mol. The third-order valence-electron chi connectivity index (χ3n) is 7.08. The van der Waals surface area contributed by atoms with Gasteiger partial charge in [-0.3, -0.25) is 9.59 Å². The Hall–Kier alpha value is -1.06. The van der Waals surface area contributed by atoms with E-state index in [0.717, 1.165) is 44.9 Å². The van der Waals surface area contributed by atoms with Gasteiger partial charge >= 0.3 is 11.9 Å². The number of esters is 2. The van der Waals surface area contributed by atoms with E-state index < -0.39 is 0 Å². The third-order valence-corrected chi connectivity index (χ3v) is 7.08. The van der Waals surface area contributed by atoms with Gasteiger partial charge in [-0.25, -0.2) is 0 Å². The Morgan fingerprint density at radius 1 is 0.545 bits per heavy atom. The maximum atomic E-state index is 12.5. The first-order chi connectivity index (χ1) is 16.2. The second-order valence-corrected chi connectivity index (χ2v) is 10.2. The van der Waals surface area contributed by atoms with E-state index in [0.29, 0.717) is 19.6 Å². The second kappa shape index (κ2) is 21.5. The molecular formula is C29H54O4. The van der Waals surface area contributed by atoms with Crippen molar-refractivity contribution in [3.8, 4) is 0 Å². The summed E-state index contributed by atoms with van der Waals surface area (Å²) < 4.78 is 11.1. The van der Waals surface area contributed by atoms with Crippen LogP contribution in [-0.4, -0.2) is 25.2 Å². The Labute approximate surface area is 205 Å². The summed E-state index contributed by atoms with van der Waals surface area (Å²) in [5.41, 5.74) is 0. The molecule has 0 spiro atoms. The van der Waals surface area contributed by atoms with Crippen molar-refractivity contribution in [2.45, 2.75) is 149 Å². The largest absolute Gasteiger partial charge is 0.465 e. The van der Waals surface area contributed by atoms with E-state index >= 15 is 0 Å². The Kier molecular flexibility index (Phi) is 19.5. The lowest BCUT2D eigenvalue weighted by atomic mass is 9.81. The molecule has 1 fully saturated rings. The first kappa shape index (κ1) is 30.0. The molecule has 1 rings (SSSR count). The van der Waals surface area contributed by atoms with Crippen LogP contribution in [0.4, 0.5) is 0 Å². The molecule has 0 aromatic carbocycles. The van der Waals surface area contributed by atoms with Crippen LogP contribution in [0.25, 0.3) is 0 Å². The SMILES string of the molecule is CCCCCCCCCCCOC(=O)C1CCCC(C(=O)OCCCCCCCCCC)C1. The van der Waals surface area contributed by atoms with Crippen LogP contribution in [-0.2, 0) is 19.1 Å². The van der Waals surface area contributed by atoms with Crippen LogP contribution in [0.3, 0.4) is 0 Å². The Morgan fingerprint density at radius 2 is 0.879 bits per heavy atom. The molecule has 0 N–H and O–H groups in total. The fourth-order valence-electron chi connectivity index (χ4n) is 4.85. The van der Waals surface area contributed by atoms with E-state index in [1.165, 1.54) is 83.5 Å². The minimum absolute atomic E-state index is 0.102. The molecule has 0 saturated heterocycles. The molecule has 4 heteroatoms. The monoisotopic (exact) mass is 466 g/mol. The van der Waals surface area contributed by atoms with Crippen LogP contribution in [0.1, 0.15) is 149 Å². The van der Waals surface area contributed by atoms with Gasteiger partial charge in [-0.15, -0.1) is 0 Å². The second-order valence-electron chi connectivity index (χ2n) is 10.2. The molecule has 0 aromatic rings. The highest BCUT2D eigenvalue weighted by molar-refractivity contribution is 5.76. The molecule has 194 valence electrons. The number of ether oxygens (including phenoxy) is 2. The summed E-state index contributed by atoms with van der Waals surface area (Å²) in [6.07, 6.45) is 24.4. The number of hydrogen-bond donors (Lipinski definition) is 0. The average molecular weight is 467 g/mol. The van der Waals surface area contributed by atoms with Gasteiger partial charge in [0.15, 0.2) is 0 Å². The zero-order valence-electron chi connectivity index (χ0n) is 22.1. The highest BCUT2D eigenvalue weighted by Gasteiger charge is 2.32. The first-order valence-corrected chi connectivity index (χ1v) is 14.5. The molecule has 0 heterocycles. The summed E-state index contributed by atoms with van der Waals surface area (Å²) >= 11 is 0. The molecule has 0 amide bonds. The van der Waals surface area contributed by atoms with Gasteiger partial charge in [0.25, 0.3) is 0 Å². The van der Waals surface area contributed by atoms with E-state index in [1.807, 2.05) is 0 Å². The zero-order valence-corrected chi connectivity index (χ0v) is 22.1. The highest BCUT2D eigenvalue weighted by Crippen LogP contribution is 2.31. The Morgan fingerprint density at radius 3 is 1.24 bits per heavy atom. The molecule has 33 heavy (non-hydrogen) atoms. The van der Waals surface area contributed by atoms with Gasteiger partial charge in [-0.05, 0) is 32.1 Å². The summed E-state index contributed by atoms with van der Waals surface area (Å²) in [5, 5.41) is 0. The van der Waals surface area contributed by atoms with Gasteiger partial charge in [-0.2, -0.15) is 0 Å². The van der Waals surface area contributed by atoms with E-state index in [1.54, 1.807) is 0 Å². The van der Waals surface area contributed by atoms with Crippen molar-refractivity contribution in [2.75, 3.05) is 13.2 Å². The van der Waals surface area contributed by atoms with Crippen molar-refractivity contribution < 1.29 is 19.1 Å². The average Bonchev–Trinajstić information content (AvgIpc) is 2.84. The number of rotatable bonds is 21. The smallest absolute Gasteiger partial charge is 0.308 e. The minimum atomic E-state index is -0.127. The topological polar surface area (TPSA) is 52.6 Å². The molecule has 0 aromatic heterocycles. The summed E-state index contributed by atoms with van der Waals surface area (Å²) in [4.78, 5) is 24.9. The maximum absolute atomic E-state index is 12.5. The van der Waals surface area contributed by atoms with Gasteiger partial charge < -0.3 is 9.47 Å². The number of carbonyl (C=O) groups excluding carboxylic acids is 2. The first-order valence-electron chi connectivity index (χ1n) is 14.5. The molecule has 4 nitrogen and oxygen atoms in total. The summed E-state index contributed by atoms with van der Waals surface area (Å²) in [6.45, 7) is 5.54. The maximum Gasteiger partial charge on any atom is 0.308 e. The lowest BCUT2D eigenvalue weighted by molar-refractivity contribution is -0.155. The van der Waals surface area contributed by atoms with Gasteiger partial charge in [0.1, 0.15) is 0 Å². The Bertz CT molecular complexity index is 476. The van der Waals surface area contributed by atoms with Gasteiger partial charge in [-0.1, -0.05) is 117 Å². The number of unbranched alkanes of at least 4 members (excludes halogenated alkanes) is 15. The number of hydrogen-bond acceptors (Lipinski definition) is 4. The van der Waals surface area contributed by atoms with Gasteiger partial charge in [0.05, 0.1) is 25.0 Å². The van der Waals surface area contributed by atoms with Crippen molar-refractivity contribution in [1.82, 2.24) is 0 Å². The van der Waals surface area contributed by atoms with E-state index in [9.17, 15) is 9.59 Å². The molecule has 2 atom stereocenters. The van der Waals surface area contributed by atoms with Crippen LogP contribution in [0.5, 0.6) is 0 Å². The fraction of sp³-hybridized carbons (Fsp3) is 0.931. The molecule has 2 unspecified atom stereocenters. The normalized spacial score (nSPS) is 18.2. The molecule has 0 radical (unpaired) electrons. The van der Waals surface area contributed by atoms with E-state index in [2.05, 4.69) is 13.8 Å². The van der Waals surface area contributed by atoms with Crippen molar-refractivity contribution in [1.29, 1.82) is 0 Å². The fourth-order valence-corrected chi connectivity index (χ4v) is 4.85. The van der Waals surface area contributed by atoms with Crippen molar-refractivity contribution in [2.24, 2.45) is 11.8 Å². The lowest BCUT2D eigenvalue weighted by Crippen LogP contribution is -2.30. The van der Waals surface area contributed by atoms with Gasteiger partial charge in [0.2, 0.25) is 0 Å². The van der Waals surface area contributed by atoms with Crippen molar-refractivity contribution in [3.63, 3.8) is 0 Å². The van der Waals surface area contributed by atoms with Crippen molar-refractivity contribution in [3.05, 3.63) is 0 Å². The van der Waals surface area contributed by atoms with Crippen LogP contribution in [0.2, 0.25) is 0 Å². The molecule has 1 aliphatic carbocycles. The highest BCUT2D eigenvalue weighted by atomic mass is 16.5. The van der Waals surface area contributed by atoms with E-state index in [-0.39, 0.29) is 23.8 Å². The molecule has 1 aliphatic rings. The summed E-state index contributed by atoms with van der Waals surface area (Å²) in [6, 6.07) is 0. The van der Waals surface area contributed by atoms with Crippen molar-refractivity contribution >= 4 is 11.9 Å². The Balaban J connectivity index is 2.04. The standard InChI is InChI=1S/C29H54O4/c1-3-5-7-9-11-13-15-17-19-24-33-29(31)27-22-20-21-26(25-27)28(30)32-23-18-16-14-12-10-8-6-4-2/h26-27H,3-25H2,1-2H3. The predicted octanol–water partition coefficient (Wildman–Crippen LogP) is 8.55.